The van der Waals surface area contributed by atoms with E-state index in [1.54, 1.807) is 24.4 Å². The molecule has 0 aliphatic heterocycles. The van der Waals surface area contributed by atoms with Gasteiger partial charge in [0.1, 0.15) is 5.75 Å². The van der Waals surface area contributed by atoms with Gasteiger partial charge in [0.25, 0.3) is 5.91 Å². The van der Waals surface area contributed by atoms with Crippen LogP contribution in [0.3, 0.4) is 0 Å². The van der Waals surface area contributed by atoms with E-state index < -0.39 is 5.91 Å². The number of hydrogen-bond donors (Lipinski definition) is 2. The first-order valence-electron chi connectivity index (χ1n) is 5.82. The number of nitrogens with two attached hydrogens (primary N) is 1. The summed E-state index contributed by atoms with van der Waals surface area (Å²) in [4.78, 5) is 15.4. The fourth-order valence-corrected chi connectivity index (χ4v) is 1.70. The van der Waals surface area contributed by atoms with E-state index in [0.717, 1.165) is 11.4 Å². The van der Waals surface area contributed by atoms with Gasteiger partial charge < -0.3 is 15.8 Å². The highest BCUT2D eigenvalue weighted by Crippen LogP contribution is 2.23. The molecule has 1 aromatic carbocycles. The highest BCUT2D eigenvalue weighted by molar-refractivity contribution is 5.96. The zero-order valence-electron chi connectivity index (χ0n) is 10.6. The van der Waals surface area contributed by atoms with Crippen molar-refractivity contribution in [3.63, 3.8) is 0 Å². The molecule has 0 fully saturated rings. The third-order valence-corrected chi connectivity index (χ3v) is 2.67. The molecule has 0 aliphatic rings. The highest BCUT2D eigenvalue weighted by Gasteiger charge is 2.09. The van der Waals surface area contributed by atoms with E-state index in [9.17, 15) is 4.79 Å². The largest absolute Gasteiger partial charge is 0.496 e. The van der Waals surface area contributed by atoms with Crippen molar-refractivity contribution in [2.45, 2.75) is 6.54 Å². The molecule has 5 heteroatoms. The molecule has 0 bridgehead atoms. The monoisotopic (exact) mass is 257 g/mol. The summed E-state index contributed by atoms with van der Waals surface area (Å²) in [5.74, 6) is -0.0494. The molecule has 0 saturated carbocycles. The molecule has 3 N–H and O–H groups in total. The lowest BCUT2D eigenvalue weighted by Crippen LogP contribution is -2.12. The Kier molecular flexibility index (Phi) is 3.97. The second kappa shape index (κ2) is 5.86. The SMILES string of the molecule is COc1cc(NCc2ccccn2)ccc1C(N)=O. The number of pyridine rings is 1. The Morgan fingerprint density at radius 3 is 2.84 bits per heavy atom. The minimum atomic E-state index is -0.506. The summed E-state index contributed by atoms with van der Waals surface area (Å²) < 4.78 is 5.14. The Balaban J connectivity index is 2.11. The first-order valence-corrected chi connectivity index (χ1v) is 5.82. The van der Waals surface area contributed by atoms with Gasteiger partial charge >= 0.3 is 0 Å². The lowest BCUT2D eigenvalue weighted by atomic mass is 10.1. The number of nitrogens with zero attached hydrogens (tertiary/aromatic N) is 1. The number of methoxy groups -OCH3 is 1. The van der Waals surface area contributed by atoms with Crippen LogP contribution in [0.5, 0.6) is 5.75 Å². The predicted octanol–water partition coefficient (Wildman–Crippen LogP) is 1.80. The molecule has 1 amide bonds. The maximum absolute atomic E-state index is 11.2. The molecule has 1 aromatic heterocycles. The normalized spacial score (nSPS) is 9.95. The summed E-state index contributed by atoms with van der Waals surface area (Å²) in [6.07, 6.45) is 1.74. The van der Waals surface area contributed by atoms with Crippen LogP contribution in [0.4, 0.5) is 5.69 Å². The molecule has 0 saturated heterocycles. The van der Waals surface area contributed by atoms with Crippen LogP contribution in [-0.4, -0.2) is 18.0 Å². The average Bonchev–Trinajstić information content (AvgIpc) is 2.45. The summed E-state index contributed by atoms with van der Waals surface area (Å²) in [7, 11) is 1.50. The fourth-order valence-electron chi connectivity index (χ4n) is 1.70. The number of amides is 1. The number of benzene rings is 1. The molecule has 0 unspecified atom stereocenters. The maximum Gasteiger partial charge on any atom is 0.252 e. The van der Waals surface area contributed by atoms with Crippen LogP contribution in [0.25, 0.3) is 0 Å². The lowest BCUT2D eigenvalue weighted by molar-refractivity contribution is 0.0997. The summed E-state index contributed by atoms with van der Waals surface area (Å²) in [5.41, 5.74) is 7.39. The molecule has 0 radical (unpaired) electrons. The van der Waals surface area contributed by atoms with Gasteiger partial charge in [0.2, 0.25) is 0 Å². The second-order valence-electron chi connectivity index (χ2n) is 3.95. The third-order valence-electron chi connectivity index (χ3n) is 2.67. The van der Waals surface area contributed by atoms with Gasteiger partial charge in [-0.3, -0.25) is 9.78 Å². The highest BCUT2D eigenvalue weighted by atomic mass is 16.5. The number of nitrogens with one attached hydrogen (secondary N) is 1. The van der Waals surface area contributed by atoms with Crippen molar-refractivity contribution in [3.8, 4) is 5.75 Å². The number of ether oxygens (including phenoxy) is 1. The van der Waals surface area contributed by atoms with Gasteiger partial charge in [-0.2, -0.15) is 0 Å². The van der Waals surface area contributed by atoms with Gasteiger partial charge in [0.15, 0.2) is 0 Å². The van der Waals surface area contributed by atoms with Crippen LogP contribution in [0.2, 0.25) is 0 Å². The third kappa shape index (κ3) is 3.22. The topological polar surface area (TPSA) is 77.2 Å². The Labute approximate surface area is 111 Å². The molecule has 1 heterocycles. The van der Waals surface area contributed by atoms with Crippen LogP contribution in [0, 0.1) is 0 Å². The lowest BCUT2D eigenvalue weighted by Gasteiger charge is -2.10. The first kappa shape index (κ1) is 12.9. The predicted molar refractivity (Wildman–Crippen MR) is 73.1 cm³/mol. The van der Waals surface area contributed by atoms with E-state index in [0.29, 0.717) is 17.9 Å². The van der Waals surface area contributed by atoms with Gasteiger partial charge in [-0.15, -0.1) is 0 Å². The van der Waals surface area contributed by atoms with Crippen molar-refractivity contribution in [2.24, 2.45) is 5.73 Å². The van der Waals surface area contributed by atoms with Crippen molar-refractivity contribution < 1.29 is 9.53 Å². The van der Waals surface area contributed by atoms with E-state index in [1.807, 2.05) is 18.2 Å². The summed E-state index contributed by atoms with van der Waals surface area (Å²) in [6.45, 7) is 0.597. The Morgan fingerprint density at radius 2 is 2.21 bits per heavy atom. The van der Waals surface area contributed by atoms with Crippen molar-refractivity contribution in [2.75, 3.05) is 12.4 Å². The minimum Gasteiger partial charge on any atom is -0.496 e. The molecule has 2 aromatic rings. The average molecular weight is 257 g/mol. The van der Waals surface area contributed by atoms with E-state index in [4.69, 9.17) is 10.5 Å². The summed E-state index contributed by atoms with van der Waals surface area (Å²) in [5, 5.41) is 3.21. The first-order chi connectivity index (χ1) is 9.20. The minimum absolute atomic E-state index is 0.367. The van der Waals surface area contributed by atoms with Crippen LogP contribution < -0.4 is 15.8 Å². The van der Waals surface area contributed by atoms with Crippen molar-refractivity contribution >= 4 is 11.6 Å². The zero-order chi connectivity index (χ0) is 13.7. The molecular formula is C14H15N3O2. The molecule has 0 atom stereocenters. The van der Waals surface area contributed by atoms with Gasteiger partial charge in [0.05, 0.1) is 24.9 Å². The number of aromatic nitrogens is 1. The molecule has 19 heavy (non-hydrogen) atoms. The fraction of sp³-hybridized carbons (Fsp3) is 0.143. The smallest absolute Gasteiger partial charge is 0.252 e. The van der Waals surface area contributed by atoms with E-state index in [-0.39, 0.29) is 0 Å². The quantitative estimate of drug-likeness (QED) is 0.856. The van der Waals surface area contributed by atoms with Crippen LogP contribution in [0.15, 0.2) is 42.6 Å². The molecule has 0 aliphatic carbocycles. The number of rotatable bonds is 5. The van der Waals surface area contributed by atoms with Crippen LogP contribution in [0.1, 0.15) is 16.1 Å². The van der Waals surface area contributed by atoms with Crippen molar-refractivity contribution in [3.05, 3.63) is 53.9 Å². The van der Waals surface area contributed by atoms with Crippen molar-refractivity contribution in [1.29, 1.82) is 0 Å². The number of primary amides is 1. The Bertz CT molecular complexity index is 570. The zero-order valence-corrected chi connectivity index (χ0v) is 10.6. The van der Waals surface area contributed by atoms with Crippen molar-refractivity contribution in [1.82, 2.24) is 4.98 Å². The number of hydrogen-bond acceptors (Lipinski definition) is 4. The molecule has 2 rings (SSSR count). The summed E-state index contributed by atoms with van der Waals surface area (Å²) >= 11 is 0. The van der Waals surface area contributed by atoms with E-state index >= 15 is 0 Å². The van der Waals surface area contributed by atoms with E-state index in [2.05, 4.69) is 10.3 Å². The Hall–Kier alpha value is -2.56. The van der Waals surface area contributed by atoms with Gasteiger partial charge in [-0.1, -0.05) is 6.07 Å². The number of carbonyl (C=O) groups is 1. The van der Waals surface area contributed by atoms with Gasteiger partial charge in [-0.25, -0.2) is 0 Å². The van der Waals surface area contributed by atoms with Gasteiger partial charge in [-0.05, 0) is 24.3 Å². The molecule has 0 spiro atoms. The second-order valence-corrected chi connectivity index (χ2v) is 3.95. The van der Waals surface area contributed by atoms with Crippen LogP contribution >= 0.6 is 0 Å². The number of carbonyl (C=O) groups excluding carboxylic acids is 1. The summed E-state index contributed by atoms with van der Waals surface area (Å²) in [6, 6.07) is 10.9. The molecule has 98 valence electrons. The molecular weight excluding hydrogens is 242 g/mol. The van der Waals surface area contributed by atoms with Crippen LogP contribution in [-0.2, 0) is 6.54 Å². The standard InChI is InChI=1S/C14H15N3O2/c1-19-13-8-10(5-6-12(13)14(15)18)17-9-11-4-2-3-7-16-11/h2-8,17H,9H2,1H3,(H2,15,18). The molecule has 5 nitrogen and oxygen atoms in total. The number of anilines is 1. The van der Waals surface area contributed by atoms with Gasteiger partial charge in [0, 0.05) is 18.0 Å². The maximum atomic E-state index is 11.2. The van der Waals surface area contributed by atoms with E-state index in [1.165, 1.54) is 7.11 Å². The Morgan fingerprint density at radius 1 is 1.37 bits per heavy atom.